The summed E-state index contributed by atoms with van der Waals surface area (Å²) in [5.41, 5.74) is 0.395. The summed E-state index contributed by atoms with van der Waals surface area (Å²) in [6.07, 6.45) is 0. The highest BCUT2D eigenvalue weighted by atomic mass is 32.1. The van der Waals surface area contributed by atoms with E-state index in [4.69, 9.17) is 12.2 Å². The van der Waals surface area contributed by atoms with Gasteiger partial charge < -0.3 is 0 Å². The van der Waals surface area contributed by atoms with Gasteiger partial charge >= 0.3 is 0 Å². The number of nitrogens with zero attached hydrogens (tertiary/aromatic N) is 1. The predicted octanol–water partition coefficient (Wildman–Crippen LogP) is 1.10. The largest absolute Gasteiger partial charge is 0.298 e. The molecule has 1 rings (SSSR count). The number of carbonyl (C=O) groups is 3. The van der Waals surface area contributed by atoms with E-state index in [0.29, 0.717) is 5.56 Å². The first-order chi connectivity index (χ1) is 8.43. The maximum Gasteiger partial charge on any atom is 0.257 e. The summed E-state index contributed by atoms with van der Waals surface area (Å²) in [5.74, 6) is -1.55. The molecule has 0 bridgehead atoms. The van der Waals surface area contributed by atoms with Crippen molar-refractivity contribution in [3.05, 3.63) is 35.9 Å². The number of hydrogen-bond acceptors (Lipinski definition) is 4. The van der Waals surface area contributed by atoms with E-state index in [2.05, 4.69) is 5.32 Å². The second-order valence-electron chi connectivity index (χ2n) is 3.50. The molecule has 0 atom stereocenters. The van der Waals surface area contributed by atoms with Crippen LogP contribution >= 0.6 is 12.2 Å². The maximum atomic E-state index is 11.8. The van der Waals surface area contributed by atoms with Gasteiger partial charge in [0.05, 0.1) is 0 Å². The first kappa shape index (κ1) is 14.0. The Morgan fingerprint density at radius 1 is 1.06 bits per heavy atom. The van der Waals surface area contributed by atoms with Gasteiger partial charge in [-0.2, -0.15) is 0 Å². The molecular weight excluding hydrogens is 252 g/mol. The first-order valence-corrected chi connectivity index (χ1v) is 5.56. The lowest BCUT2D eigenvalue weighted by atomic mass is 10.2. The third kappa shape index (κ3) is 3.46. The molecule has 1 aromatic rings. The van der Waals surface area contributed by atoms with Gasteiger partial charge in [0.2, 0.25) is 11.8 Å². The summed E-state index contributed by atoms with van der Waals surface area (Å²) >= 11 is 4.86. The summed E-state index contributed by atoms with van der Waals surface area (Å²) in [6.45, 7) is 2.39. The van der Waals surface area contributed by atoms with Gasteiger partial charge in [-0.15, -0.1) is 0 Å². The summed E-state index contributed by atoms with van der Waals surface area (Å²) < 4.78 is 0. The molecule has 3 amide bonds. The zero-order valence-electron chi connectivity index (χ0n) is 9.97. The number of carbonyl (C=O) groups excluding carboxylic acids is 3. The topological polar surface area (TPSA) is 66.5 Å². The molecule has 0 saturated carbocycles. The van der Waals surface area contributed by atoms with Crippen molar-refractivity contribution in [3.63, 3.8) is 0 Å². The molecule has 0 unspecified atom stereocenters. The van der Waals surface area contributed by atoms with Gasteiger partial charge in [-0.3, -0.25) is 19.7 Å². The van der Waals surface area contributed by atoms with Gasteiger partial charge in [-0.05, 0) is 24.4 Å². The second kappa shape index (κ2) is 6.02. The van der Waals surface area contributed by atoms with Crippen LogP contribution in [0.4, 0.5) is 0 Å². The minimum atomic E-state index is -0.541. The molecule has 1 aromatic carbocycles. The predicted molar refractivity (Wildman–Crippen MR) is 69.7 cm³/mol. The van der Waals surface area contributed by atoms with Crippen LogP contribution in [0, 0.1) is 0 Å². The second-order valence-corrected chi connectivity index (χ2v) is 3.89. The fourth-order valence-corrected chi connectivity index (χ4v) is 1.67. The highest BCUT2D eigenvalue weighted by Gasteiger charge is 2.20. The molecule has 0 aromatic heterocycles. The molecule has 0 heterocycles. The molecule has 94 valence electrons. The van der Waals surface area contributed by atoms with Crippen LogP contribution in [-0.4, -0.2) is 27.7 Å². The van der Waals surface area contributed by atoms with Crippen LogP contribution < -0.4 is 5.32 Å². The van der Waals surface area contributed by atoms with Crippen molar-refractivity contribution in [2.45, 2.75) is 13.8 Å². The Balaban J connectivity index is 2.79. The Kier molecular flexibility index (Phi) is 4.67. The number of rotatable bonds is 1. The fourth-order valence-electron chi connectivity index (χ4n) is 1.32. The van der Waals surface area contributed by atoms with E-state index in [9.17, 15) is 14.4 Å². The van der Waals surface area contributed by atoms with Crippen molar-refractivity contribution < 1.29 is 14.4 Å². The standard InChI is InChI=1S/C12H12N2O3S/c1-8(15)14(9(2)16)12(18)13-11(17)10-6-4-3-5-7-10/h3-7H,1-2H3,(H,13,17,18). The van der Waals surface area contributed by atoms with Gasteiger partial charge in [-0.1, -0.05) is 18.2 Å². The Morgan fingerprint density at radius 3 is 2.00 bits per heavy atom. The van der Waals surface area contributed by atoms with E-state index in [1.54, 1.807) is 30.3 Å². The monoisotopic (exact) mass is 264 g/mol. The van der Waals surface area contributed by atoms with Gasteiger partial charge in [-0.25, -0.2) is 4.90 Å². The lowest BCUT2D eigenvalue weighted by Crippen LogP contribution is -2.47. The number of benzene rings is 1. The molecule has 0 fully saturated rings. The van der Waals surface area contributed by atoms with Crippen molar-refractivity contribution >= 4 is 35.1 Å². The maximum absolute atomic E-state index is 11.8. The van der Waals surface area contributed by atoms with Crippen LogP contribution in [0.3, 0.4) is 0 Å². The number of hydrogen-bond donors (Lipinski definition) is 1. The number of nitrogens with one attached hydrogen (secondary N) is 1. The van der Waals surface area contributed by atoms with Gasteiger partial charge in [0.1, 0.15) is 0 Å². The normalized spacial score (nSPS) is 9.44. The highest BCUT2D eigenvalue weighted by molar-refractivity contribution is 7.80. The van der Waals surface area contributed by atoms with E-state index < -0.39 is 17.7 Å². The van der Waals surface area contributed by atoms with Crippen molar-refractivity contribution in [1.29, 1.82) is 0 Å². The van der Waals surface area contributed by atoms with E-state index in [-0.39, 0.29) is 5.11 Å². The number of thiocarbonyl (C=S) groups is 1. The Bertz CT molecular complexity index is 485. The van der Waals surface area contributed by atoms with Crippen LogP contribution in [0.5, 0.6) is 0 Å². The lowest BCUT2D eigenvalue weighted by Gasteiger charge is -2.18. The molecule has 0 spiro atoms. The third-order valence-corrected chi connectivity index (χ3v) is 2.37. The molecular formula is C12H12N2O3S. The third-order valence-electron chi connectivity index (χ3n) is 2.09. The van der Waals surface area contributed by atoms with Gasteiger partial charge in [0.15, 0.2) is 5.11 Å². The molecule has 0 aliphatic carbocycles. The van der Waals surface area contributed by atoms with E-state index in [1.807, 2.05) is 0 Å². The first-order valence-electron chi connectivity index (χ1n) is 5.15. The van der Waals surface area contributed by atoms with Crippen LogP contribution in [0.1, 0.15) is 24.2 Å². The molecule has 0 aliphatic rings. The Hall–Kier alpha value is -2.08. The van der Waals surface area contributed by atoms with Crippen molar-refractivity contribution in [1.82, 2.24) is 10.2 Å². The van der Waals surface area contributed by atoms with Gasteiger partial charge in [0, 0.05) is 19.4 Å². The Labute approximate surface area is 110 Å². The summed E-state index contributed by atoms with van der Waals surface area (Å²) in [5, 5.41) is 2.12. The fraction of sp³-hybridized carbons (Fsp3) is 0.167. The molecule has 1 N–H and O–H groups in total. The lowest BCUT2D eigenvalue weighted by molar-refractivity contribution is -0.137. The van der Waals surface area contributed by atoms with E-state index >= 15 is 0 Å². The van der Waals surface area contributed by atoms with E-state index in [0.717, 1.165) is 4.90 Å². The van der Waals surface area contributed by atoms with Gasteiger partial charge in [0.25, 0.3) is 5.91 Å². The summed E-state index contributed by atoms with van der Waals surface area (Å²) in [4.78, 5) is 34.9. The van der Waals surface area contributed by atoms with Crippen molar-refractivity contribution in [3.8, 4) is 0 Å². The number of imide groups is 1. The molecule has 0 saturated heterocycles. The van der Waals surface area contributed by atoms with Crippen LogP contribution in [0.2, 0.25) is 0 Å². The van der Waals surface area contributed by atoms with Crippen LogP contribution in [0.25, 0.3) is 0 Å². The minimum Gasteiger partial charge on any atom is -0.298 e. The average molecular weight is 264 g/mol. The summed E-state index contributed by atoms with van der Waals surface area (Å²) in [6, 6.07) is 8.37. The number of amides is 3. The average Bonchev–Trinajstić information content (AvgIpc) is 2.28. The molecule has 18 heavy (non-hydrogen) atoms. The minimum absolute atomic E-state index is 0.219. The highest BCUT2D eigenvalue weighted by Crippen LogP contribution is 2.00. The van der Waals surface area contributed by atoms with Crippen molar-refractivity contribution in [2.24, 2.45) is 0 Å². The quantitative estimate of drug-likeness (QED) is 0.771. The smallest absolute Gasteiger partial charge is 0.257 e. The zero-order chi connectivity index (χ0) is 13.7. The van der Waals surface area contributed by atoms with Crippen LogP contribution in [0.15, 0.2) is 30.3 Å². The molecule has 0 radical (unpaired) electrons. The SMILES string of the molecule is CC(=O)N(C(C)=O)C(=S)NC(=O)c1ccccc1. The Morgan fingerprint density at radius 2 is 1.56 bits per heavy atom. The molecule has 0 aliphatic heterocycles. The van der Waals surface area contributed by atoms with Crippen molar-refractivity contribution in [2.75, 3.05) is 0 Å². The molecule has 5 nitrogen and oxygen atoms in total. The zero-order valence-corrected chi connectivity index (χ0v) is 10.8. The van der Waals surface area contributed by atoms with Crippen LogP contribution in [-0.2, 0) is 9.59 Å². The summed E-state index contributed by atoms with van der Waals surface area (Å²) in [7, 11) is 0. The molecule has 6 heteroatoms. The van der Waals surface area contributed by atoms with E-state index in [1.165, 1.54) is 13.8 Å².